The standard InChI is InChI=1S/C28H44O3/c1-18(2)28(6,31)15-13-19(3)24-11-12-25-21(8-7-14-27(24,25)5)9-10-22-16-23(29)17-26(30)20(22)4/h9-10,13,15,18-19,23-26,29-31H,4,7-8,11-12,14,16-17H2,1-3,5-6H3/b15-13+,21-9+,22-10+/t19-,23-,24-,25+,26+,27-,28-/m1/s1. The van der Waals surface area contributed by atoms with Gasteiger partial charge in [-0.2, -0.15) is 0 Å². The fourth-order valence-corrected chi connectivity index (χ4v) is 6.28. The van der Waals surface area contributed by atoms with E-state index in [-0.39, 0.29) is 5.92 Å². The van der Waals surface area contributed by atoms with Crippen LogP contribution in [0, 0.1) is 29.1 Å². The molecule has 0 bridgehead atoms. The van der Waals surface area contributed by atoms with E-state index in [1.807, 2.05) is 13.0 Å². The number of allylic oxidation sites excluding steroid dienone is 4. The number of aliphatic hydroxyl groups is 3. The van der Waals surface area contributed by atoms with Crippen molar-refractivity contribution in [3.05, 3.63) is 47.6 Å². The van der Waals surface area contributed by atoms with Crippen LogP contribution in [0.15, 0.2) is 47.6 Å². The van der Waals surface area contributed by atoms with E-state index in [4.69, 9.17) is 0 Å². The molecule has 0 aliphatic heterocycles. The smallest absolute Gasteiger partial charge is 0.0822 e. The topological polar surface area (TPSA) is 60.7 Å². The number of rotatable bonds is 5. The van der Waals surface area contributed by atoms with E-state index in [2.05, 4.69) is 52.5 Å². The molecule has 7 atom stereocenters. The van der Waals surface area contributed by atoms with Crippen molar-refractivity contribution in [3.63, 3.8) is 0 Å². The van der Waals surface area contributed by atoms with Crippen molar-refractivity contribution in [2.75, 3.05) is 0 Å². The molecular formula is C28H44O3. The highest BCUT2D eigenvalue weighted by atomic mass is 16.3. The lowest BCUT2D eigenvalue weighted by atomic mass is 9.61. The van der Waals surface area contributed by atoms with Crippen molar-refractivity contribution in [2.24, 2.45) is 29.1 Å². The van der Waals surface area contributed by atoms with Crippen molar-refractivity contribution in [3.8, 4) is 0 Å². The molecule has 0 aromatic heterocycles. The van der Waals surface area contributed by atoms with Crippen LogP contribution in [-0.4, -0.2) is 33.1 Å². The Morgan fingerprint density at radius 2 is 1.87 bits per heavy atom. The van der Waals surface area contributed by atoms with E-state index in [9.17, 15) is 15.3 Å². The second kappa shape index (κ2) is 9.37. The number of aliphatic hydroxyl groups excluding tert-OH is 2. The molecule has 174 valence electrons. The Bertz CT molecular complexity index is 756. The van der Waals surface area contributed by atoms with Crippen molar-refractivity contribution in [1.82, 2.24) is 0 Å². The van der Waals surface area contributed by atoms with Crippen LogP contribution >= 0.6 is 0 Å². The zero-order chi connectivity index (χ0) is 23.0. The molecule has 3 heteroatoms. The Balaban J connectivity index is 1.78. The second-order valence-corrected chi connectivity index (χ2v) is 11.3. The van der Waals surface area contributed by atoms with Crippen molar-refractivity contribution in [2.45, 2.75) is 97.4 Å². The quantitative estimate of drug-likeness (QED) is 0.490. The van der Waals surface area contributed by atoms with Gasteiger partial charge in [0.25, 0.3) is 0 Å². The molecule has 3 aliphatic carbocycles. The largest absolute Gasteiger partial charge is 0.393 e. The molecule has 3 fully saturated rings. The molecule has 0 amide bonds. The van der Waals surface area contributed by atoms with Gasteiger partial charge in [0.15, 0.2) is 0 Å². The number of fused-ring (bicyclic) bond motifs is 1. The van der Waals surface area contributed by atoms with Crippen molar-refractivity contribution < 1.29 is 15.3 Å². The van der Waals surface area contributed by atoms with Crippen LogP contribution < -0.4 is 0 Å². The molecule has 3 rings (SSSR count). The number of hydrogen-bond acceptors (Lipinski definition) is 3. The summed E-state index contributed by atoms with van der Waals surface area (Å²) in [6, 6.07) is 0. The summed E-state index contributed by atoms with van der Waals surface area (Å²) >= 11 is 0. The molecule has 0 aromatic carbocycles. The molecule has 0 radical (unpaired) electrons. The van der Waals surface area contributed by atoms with Crippen LogP contribution in [0.25, 0.3) is 0 Å². The summed E-state index contributed by atoms with van der Waals surface area (Å²) in [4.78, 5) is 0. The average Bonchev–Trinajstić information content (AvgIpc) is 3.05. The van der Waals surface area contributed by atoms with Gasteiger partial charge in [0.05, 0.1) is 17.8 Å². The third kappa shape index (κ3) is 5.10. The van der Waals surface area contributed by atoms with Gasteiger partial charge in [-0.3, -0.25) is 0 Å². The average molecular weight is 429 g/mol. The first-order valence-electron chi connectivity index (χ1n) is 12.3. The summed E-state index contributed by atoms with van der Waals surface area (Å²) in [7, 11) is 0. The van der Waals surface area contributed by atoms with E-state index in [0.717, 1.165) is 17.6 Å². The lowest BCUT2D eigenvalue weighted by Gasteiger charge is -2.44. The Morgan fingerprint density at radius 1 is 1.16 bits per heavy atom. The predicted octanol–water partition coefficient (Wildman–Crippen LogP) is 5.73. The van der Waals surface area contributed by atoms with Gasteiger partial charge in [0, 0.05) is 6.42 Å². The molecule has 3 nitrogen and oxygen atoms in total. The van der Waals surface area contributed by atoms with Gasteiger partial charge in [-0.05, 0) is 85.7 Å². The van der Waals surface area contributed by atoms with E-state index in [1.165, 1.54) is 31.3 Å². The van der Waals surface area contributed by atoms with Gasteiger partial charge in [0.2, 0.25) is 0 Å². The molecule has 0 aromatic rings. The highest BCUT2D eigenvalue weighted by Gasteiger charge is 2.50. The van der Waals surface area contributed by atoms with E-state index in [1.54, 1.807) is 0 Å². The summed E-state index contributed by atoms with van der Waals surface area (Å²) in [5, 5.41) is 30.8. The lowest BCUT2D eigenvalue weighted by molar-refractivity contribution is 0.0607. The molecule has 3 N–H and O–H groups in total. The van der Waals surface area contributed by atoms with E-state index in [0.29, 0.717) is 36.0 Å². The van der Waals surface area contributed by atoms with Crippen LogP contribution in [0.4, 0.5) is 0 Å². The van der Waals surface area contributed by atoms with Crippen molar-refractivity contribution >= 4 is 0 Å². The van der Waals surface area contributed by atoms with Gasteiger partial charge in [-0.25, -0.2) is 0 Å². The highest BCUT2D eigenvalue weighted by molar-refractivity contribution is 5.38. The minimum absolute atomic E-state index is 0.201. The lowest BCUT2D eigenvalue weighted by Crippen LogP contribution is -2.36. The van der Waals surface area contributed by atoms with E-state index < -0.39 is 17.8 Å². The van der Waals surface area contributed by atoms with Crippen LogP contribution in [-0.2, 0) is 0 Å². The molecule has 3 saturated carbocycles. The summed E-state index contributed by atoms with van der Waals surface area (Å²) < 4.78 is 0. The molecule has 3 aliphatic rings. The summed E-state index contributed by atoms with van der Waals surface area (Å²) in [5.41, 5.74) is 2.82. The van der Waals surface area contributed by atoms with Gasteiger partial charge >= 0.3 is 0 Å². The first kappa shape index (κ1) is 24.5. The molecule has 0 saturated heterocycles. The van der Waals surface area contributed by atoms with Gasteiger partial charge in [-0.15, -0.1) is 0 Å². The minimum atomic E-state index is -0.755. The maximum absolute atomic E-state index is 10.6. The minimum Gasteiger partial charge on any atom is -0.393 e. The van der Waals surface area contributed by atoms with Crippen molar-refractivity contribution in [1.29, 1.82) is 0 Å². The van der Waals surface area contributed by atoms with Gasteiger partial charge in [0.1, 0.15) is 0 Å². The summed E-state index contributed by atoms with van der Waals surface area (Å²) in [5.74, 6) is 1.87. The maximum atomic E-state index is 10.6. The highest BCUT2D eigenvalue weighted by Crippen LogP contribution is 2.59. The Kier molecular flexibility index (Phi) is 7.40. The van der Waals surface area contributed by atoms with Gasteiger partial charge < -0.3 is 15.3 Å². The fraction of sp³-hybridized carbons (Fsp3) is 0.714. The number of hydrogen-bond donors (Lipinski definition) is 3. The third-order valence-corrected chi connectivity index (χ3v) is 8.84. The third-order valence-electron chi connectivity index (χ3n) is 8.84. The molecule has 0 spiro atoms. The molecule has 0 unspecified atom stereocenters. The molecule has 31 heavy (non-hydrogen) atoms. The Morgan fingerprint density at radius 3 is 2.55 bits per heavy atom. The Labute approximate surface area is 189 Å². The van der Waals surface area contributed by atoms with Gasteiger partial charge in [-0.1, -0.05) is 64.2 Å². The molecule has 0 heterocycles. The van der Waals surface area contributed by atoms with Crippen LogP contribution in [0.5, 0.6) is 0 Å². The van der Waals surface area contributed by atoms with Crippen LogP contribution in [0.1, 0.15) is 79.6 Å². The summed E-state index contributed by atoms with van der Waals surface area (Å²) in [6.07, 6.45) is 14.6. The SMILES string of the molecule is C=C1/C(=C/C=C2\CCC[C@]3(C)[C@@H]([C@H](C)/C=C/[C@@](C)(O)C(C)C)CC[C@@H]23)C[C@@H](O)C[C@@H]1O. The molecular weight excluding hydrogens is 384 g/mol. The first-order valence-corrected chi connectivity index (χ1v) is 12.3. The first-order chi connectivity index (χ1) is 14.5. The second-order valence-electron chi connectivity index (χ2n) is 11.3. The predicted molar refractivity (Wildman–Crippen MR) is 128 cm³/mol. The zero-order valence-corrected chi connectivity index (χ0v) is 20.3. The monoisotopic (exact) mass is 428 g/mol. The Hall–Kier alpha value is -1.16. The van der Waals surface area contributed by atoms with Crippen LogP contribution in [0.3, 0.4) is 0 Å². The zero-order valence-electron chi connectivity index (χ0n) is 20.3. The fourth-order valence-electron chi connectivity index (χ4n) is 6.28. The van der Waals surface area contributed by atoms with E-state index >= 15 is 0 Å². The normalized spacial score (nSPS) is 40.0. The van der Waals surface area contributed by atoms with Crippen LogP contribution in [0.2, 0.25) is 0 Å². The summed E-state index contributed by atoms with van der Waals surface area (Å²) in [6.45, 7) is 14.9. The maximum Gasteiger partial charge on any atom is 0.0822 e.